The lowest BCUT2D eigenvalue weighted by Gasteiger charge is -2.25. The molecule has 0 aromatic heterocycles. The predicted octanol–water partition coefficient (Wildman–Crippen LogP) is -0.794. The quantitative estimate of drug-likeness (QED) is 0.395. The maximum absolute atomic E-state index is 11.3. The Morgan fingerprint density at radius 2 is 2.00 bits per heavy atom. The van der Waals surface area contributed by atoms with Crippen LogP contribution in [0.2, 0.25) is 0 Å². The first-order valence-electron chi connectivity index (χ1n) is 5.23. The minimum atomic E-state index is -3.28. The van der Waals surface area contributed by atoms with Crippen molar-refractivity contribution in [3.8, 4) is 0 Å². The summed E-state index contributed by atoms with van der Waals surface area (Å²) in [4.78, 5) is 11.3. The smallest absolute Gasteiger partial charge is 0.234 e. The Balaban J connectivity index is 4.00. The Morgan fingerprint density at radius 1 is 1.41 bits per heavy atom. The molecule has 0 aromatic rings. The molecular weight excluding hydrogens is 242 g/mol. The van der Waals surface area contributed by atoms with Gasteiger partial charge in [-0.2, -0.15) is 0 Å². The highest BCUT2D eigenvalue weighted by molar-refractivity contribution is 7.88. The van der Waals surface area contributed by atoms with Crippen molar-refractivity contribution in [3.63, 3.8) is 0 Å². The number of nitrogens with one attached hydrogen (secondary N) is 3. The first-order valence-corrected chi connectivity index (χ1v) is 7.13. The molecule has 7 heteroatoms. The van der Waals surface area contributed by atoms with E-state index in [2.05, 4.69) is 21.9 Å². The predicted molar refractivity (Wildman–Crippen MR) is 68.1 cm³/mol. The van der Waals surface area contributed by atoms with Crippen LogP contribution in [-0.4, -0.2) is 45.8 Å². The van der Waals surface area contributed by atoms with E-state index in [1.807, 2.05) is 0 Å². The van der Waals surface area contributed by atoms with Gasteiger partial charge < -0.3 is 10.6 Å². The summed E-state index contributed by atoms with van der Waals surface area (Å²) in [5.41, 5.74) is -0.707. The molecule has 0 aliphatic rings. The van der Waals surface area contributed by atoms with Crippen molar-refractivity contribution in [1.82, 2.24) is 15.4 Å². The van der Waals surface area contributed by atoms with Gasteiger partial charge in [0, 0.05) is 18.6 Å². The van der Waals surface area contributed by atoms with E-state index in [-0.39, 0.29) is 19.0 Å². The van der Waals surface area contributed by atoms with Crippen LogP contribution in [0.25, 0.3) is 0 Å². The van der Waals surface area contributed by atoms with Gasteiger partial charge in [-0.3, -0.25) is 4.79 Å². The number of hydrogen-bond acceptors (Lipinski definition) is 4. The normalized spacial score (nSPS) is 12.2. The molecule has 0 spiro atoms. The maximum atomic E-state index is 11.3. The topological polar surface area (TPSA) is 87.3 Å². The summed E-state index contributed by atoms with van der Waals surface area (Å²) in [6.07, 6.45) is 2.74. The van der Waals surface area contributed by atoms with Crippen LogP contribution in [0, 0.1) is 0 Å². The van der Waals surface area contributed by atoms with Gasteiger partial charge in [-0.05, 0) is 13.8 Å². The molecular formula is C10H21N3O3S. The highest BCUT2D eigenvalue weighted by atomic mass is 32.2. The average molecular weight is 263 g/mol. The third-order valence-electron chi connectivity index (χ3n) is 1.76. The number of amides is 1. The van der Waals surface area contributed by atoms with E-state index in [0.717, 1.165) is 6.26 Å². The molecule has 0 aromatic carbocycles. The second-order valence-corrected chi connectivity index (χ2v) is 6.20. The van der Waals surface area contributed by atoms with E-state index in [9.17, 15) is 13.2 Å². The zero-order chi connectivity index (χ0) is 13.5. The molecule has 6 nitrogen and oxygen atoms in total. The van der Waals surface area contributed by atoms with Gasteiger partial charge in [0.15, 0.2) is 0 Å². The molecule has 0 saturated carbocycles. The van der Waals surface area contributed by atoms with Gasteiger partial charge in [0.1, 0.15) is 0 Å². The van der Waals surface area contributed by atoms with Crippen LogP contribution in [0.3, 0.4) is 0 Å². The Morgan fingerprint density at radius 3 is 2.47 bits per heavy atom. The largest absolute Gasteiger partial charge is 0.353 e. The fraction of sp³-hybridized carbons (Fsp3) is 0.700. The van der Waals surface area contributed by atoms with E-state index in [1.165, 1.54) is 0 Å². The molecule has 0 unspecified atom stereocenters. The second-order valence-electron chi connectivity index (χ2n) is 4.45. The number of hydrogen-bond donors (Lipinski definition) is 3. The minimum absolute atomic E-state index is 0.182. The summed E-state index contributed by atoms with van der Waals surface area (Å²) in [6, 6.07) is 0. The molecule has 0 radical (unpaired) electrons. The van der Waals surface area contributed by atoms with Gasteiger partial charge in [-0.1, -0.05) is 6.08 Å². The number of carbonyl (C=O) groups excluding carboxylic acids is 1. The van der Waals surface area contributed by atoms with Crippen LogP contribution in [0.15, 0.2) is 12.7 Å². The van der Waals surface area contributed by atoms with E-state index < -0.39 is 15.6 Å². The highest BCUT2D eigenvalue weighted by Gasteiger charge is 2.22. The van der Waals surface area contributed by atoms with Crippen LogP contribution in [0.5, 0.6) is 0 Å². The lowest BCUT2D eigenvalue weighted by Crippen LogP contribution is -2.52. The Hall–Kier alpha value is -0.920. The molecule has 1 amide bonds. The first-order chi connectivity index (χ1) is 7.66. The number of carbonyl (C=O) groups is 1. The maximum Gasteiger partial charge on any atom is 0.234 e. The van der Waals surface area contributed by atoms with Gasteiger partial charge in [-0.25, -0.2) is 13.1 Å². The molecule has 0 bridgehead atoms. The molecule has 0 rings (SSSR count). The van der Waals surface area contributed by atoms with E-state index in [1.54, 1.807) is 19.9 Å². The van der Waals surface area contributed by atoms with Crippen molar-refractivity contribution < 1.29 is 13.2 Å². The molecule has 0 aliphatic heterocycles. The van der Waals surface area contributed by atoms with Crippen LogP contribution >= 0.6 is 0 Å². The van der Waals surface area contributed by atoms with E-state index >= 15 is 0 Å². The summed E-state index contributed by atoms with van der Waals surface area (Å²) in [5.74, 6) is -0.185. The van der Waals surface area contributed by atoms with Crippen molar-refractivity contribution in [1.29, 1.82) is 0 Å². The van der Waals surface area contributed by atoms with Crippen molar-refractivity contribution in [2.24, 2.45) is 0 Å². The molecule has 0 atom stereocenters. The summed E-state index contributed by atoms with van der Waals surface area (Å²) in [6.45, 7) is 7.88. The van der Waals surface area contributed by atoms with Gasteiger partial charge in [0.25, 0.3) is 0 Å². The third-order valence-corrected chi connectivity index (χ3v) is 2.69. The second kappa shape index (κ2) is 6.73. The van der Waals surface area contributed by atoms with Crippen LogP contribution in [0.4, 0.5) is 0 Å². The van der Waals surface area contributed by atoms with Crippen molar-refractivity contribution in [2.45, 2.75) is 19.4 Å². The Bertz CT molecular complexity index is 363. The molecule has 0 fully saturated rings. The van der Waals surface area contributed by atoms with Crippen molar-refractivity contribution >= 4 is 15.9 Å². The summed E-state index contributed by atoms with van der Waals surface area (Å²) in [7, 11) is -3.28. The van der Waals surface area contributed by atoms with Gasteiger partial charge in [-0.15, -0.1) is 6.58 Å². The fourth-order valence-corrected chi connectivity index (χ4v) is 2.28. The molecule has 3 N–H and O–H groups in total. The molecule has 17 heavy (non-hydrogen) atoms. The van der Waals surface area contributed by atoms with Crippen LogP contribution in [-0.2, 0) is 14.8 Å². The van der Waals surface area contributed by atoms with Crippen LogP contribution < -0.4 is 15.4 Å². The molecule has 0 aliphatic carbocycles. The summed E-state index contributed by atoms with van der Waals surface area (Å²) >= 11 is 0. The lowest BCUT2D eigenvalue weighted by atomic mass is 10.1. The van der Waals surface area contributed by atoms with E-state index in [4.69, 9.17) is 0 Å². The van der Waals surface area contributed by atoms with Gasteiger partial charge in [0.2, 0.25) is 15.9 Å². The molecule has 0 saturated heterocycles. The first kappa shape index (κ1) is 16.1. The Labute approximate surface area is 103 Å². The third kappa shape index (κ3) is 9.98. The molecule has 100 valence electrons. The summed E-state index contributed by atoms with van der Waals surface area (Å²) < 4.78 is 24.5. The number of sulfonamides is 1. The van der Waals surface area contributed by atoms with Crippen molar-refractivity contribution in [2.75, 3.05) is 25.9 Å². The van der Waals surface area contributed by atoms with E-state index in [0.29, 0.717) is 6.54 Å². The monoisotopic (exact) mass is 263 g/mol. The highest BCUT2D eigenvalue weighted by Crippen LogP contribution is 2.01. The zero-order valence-corrected chi connectivity index (χ0v) is 11.4. The zero-order valence-electron chi connectivity index (χ0n) is 10.5. The summed E-state index contributed by atoms with van der Waals surface area (Å²) in [5, 5.41) is 5.49. The average Bonchev–Trinajstić information content (AvgIpc) is 2.12. The SMILES string of the molecule is C=CCNCC(=O)NCC(C)(C)NS(C)(=O)=O. The standard InChI is InChI=1S/C10H21N3O3S/c1-5-6-11-7-9(14)12-8-10(2,3)13-17(4,15)16/h5,11,13H,1,6-8H2,2-4H3,(H,12,14). The van der Waals surface area contributed by atoms with Crippen LogP contribution in [0.1, 0.15) is 13.8 Å². The Kier molecular flexibility index (Phi) is 6.36. The number of rotatable bonds is 8. The fourth-order valence-electron chi connectivity index (χ4n) is 1.21. The minimum Gasteiger partial charge on any atom is -0.353 e. The molecule has 0 heterocycles. The lowest BCUT2D eigenvalue weighted by molar-refractivity contribution is -0.120. The van der Waals surface area contributed by atoms with Gasteiger partial charge in [0.05, 0.1) is 12.8 Å². The van der Waals surface area contributed by atoms with Gasteiger partial charge >= 0.3 is 0 Å². The van der Waals surface area contributed by atoms with Crippen molar-refractivity contribution in [3.05, 3.63) is 12.7 Å².